The molecule has 2 rings (SSSR count). The standard InChI is InChI=1S/C13H14F5N3O/c1-20(6-10(22)13(16,17)18)7-11-19-8-4-2-3-5-9(8)21(11)12(14)15/h2-5,10,12,22H,6-7H2,1H3. The summed E-state index contributed by atoms with van der Waals surface area (Å²) in [6, 6.07) is 6.21. The summed E-state index contributed by atoms with van der Waals surface area (Å²) in [6.07, 6.45) is -7.29. The van der Waals surface area contributed by atoms with Crippen molar-refractivity contribution in [2.45, 2.75) is 25.4 Å². The molecule has 1 atom stereocenters. The minimum Gasteiger partial charge on any atom is -0.382 e. The highest BCUT2D eigenvalue weighted by Gasteiger charge is 2.38. The molecule has 0 radical (unpaired) electrons. The van der Waals surface area contributed by atoms with Crippen molar-refractivity contribution >= 4 is 11.0 Å². The van der Waals surface area contributed by atoms with Crippen LogP contribution in [0.25, 0.3) is 11.0 Å². The van der Waals surface area contributed by atoms with E-state index in [1.165, 1.54) is 13.1 Å². The molecule has 0 fully saturated rings. The molecule has 1 aromatic carbocycles. The van der Waals surface area contributed by atoms with E-state index in [0.29, 0.717) is 10.1 Å². The van der Waals surface area contributed by atoms with Gasteiger partial charge in [0.05, 0.1) is 17.6 Å². The summed E-state index contributed by atoms with van der Waals surface area (Å²) in [5.41, 5.74) is 0.542. The molecule has 0 aliphatic heterocycles. The van der Waals surface area contributed by atoms with Gasteiger partial charge in [0, 0.05) is 6.54 Å². The molecule has 0 spiro atoms. The first-order valence-corrected chi connectivity index (χ1v) is 6.37. The molecule has 4 nitrogen and oxygen atoms in total. The maximum Gasteiger partial charge on any atom is 0.415 e. The third kappa shape index (κ3) is 3.53. The summed E-state index contributed by atoms with van der Waals surface area (Å²) in [6.45, 7) is -3.83. The fourth-order valence-electron chi connectivity index (χ4n) is 2.13. The lowest BCUT2D eigenvalue weighted by Crippen LogP contribution is -2.39. The normalized spacial score (nSPS) is 14.2. The third-order valence-corrected chi connectivity index (χ3v) is 3.14. The molecule has 1 aromatic heterocycles. The zero-order valence-corrected chi connectivity index (χ0v) is 11.6. The Bertz CT molecular complexity index is 640. The van der Waals surface area contributed by atoms with Crippen LogP contribution in [0.5, 0.6) is 0 Å². The van der Waals surface area contributed by atoms with Crippen LogP contribution in [0.3, 0.4) is 0 Å². The van der Waals surface area contributed by atoms with E-state index in [9.17, 15) is 22.0 Å². The van der Waals surface area contributed by atoms with Crippen LogP contribution >= 0.6 is 0 Å². The molecule has 0 saturated carbocycles. The predicted octanol–water partition coefficient (Wildman–Crippen LogP) is 2.79. The number of para-hydroxylation sites is 2. The van der Waals surface area contributed by atoms with Crippen LogP contribution < -0.4 is 0 Å². The summed E-state index contributed by atoms with van der Waals surface area (Å²) in [4.78, 5) is 5.12. The van der Waals surface area contributed by atoms with Crippen molar-refractivity contribution in [2.75, 3.05) is 13.6 Å². The van der Waals surface area contributed by atoms with E-state index in [1.807, 2.05) is 0 Å². The van der Waals surface area contributed by atoms with Gasteiger partial charge in [-0.15, -0.1) is 0 Å². The SMILES string of the molecule is CN(Cc1nc2ccccc2n1C(F)F)CC(O)C(F)(F)F. The van der Waals surface area contributed by atoms with Gasteiger partial charge in [0.1, 0.15) is 5.82 Å². The number of benzene rings is 1. The Labute approximate surface area is 122 Å². The average molecular weight is 323 g/mol. The highest BCUT2D eigenvalue weighted by molar-refractivity contribution is 5.75. The van der Waals surface area contributed by atoms with Gasteiger partial charge in [-0.3, -0.25) is 9.47 Å². The van der Waals surface area contributed by atoms with Gasteiger partial charge in [0.25, 0.3) is 0 Å². The molecule has 1 N–H and O–H groups in total. The number of aliphatic hydroxyl groups is 1. The summed E-state index contributed by atoms with van der Waals surface area (Å²) in [5, 5.41) is 9.01. The van der Waals surface area contributed by atoms with Gasteiger partial charge < -0.3 is 5.11 Å². The molecule has 0 saturated heterocycles. The lowest BCUT2D eigenvalue weighted by Gasteiger charge is -2.22. The Morgan fingerprint density at radius 2 is 1.91 bits per heavy atom. The molecule has 0 aliphatic rings. The Kier molecular flexibility index (Phi) is 4.66. The van der Waals surface area contributed by atoms with Crippen LogP contribution in [-0.4, -0.2) is 45.4 Å². The number of nitrogens with zero attached hydrogens (tertiary/aromatic N) is 3. The van der Waals surface area contributed by atoms with Gasteiger partial charge >= 0.3 is 12.7 Å². The van der Waals surface area contributed by atoms with Crippen LogP contribution in [-0.2, 0) is 6.54 Å². The number of likely N-dealkylation sites (N-methyl/N-ethyl adjacent to an activating group) is 1. The van der Waals surface area contributed by atoms with E-state index in [2.05, 4.69) is 4.98 Å². The maximum absolute atomic E-state index is 13.2. The van der Waals surface area contributed by atoms with Gasteiger partial charge in [-0.1, -0.05) is 12.1 Å². The molecule has 9 heteroatoms. The number of aliphatic hydroxyl groups excluding tert-OH is 1. The van der Waals surface area contributed by atoms with E-state index in [4.69, 9.17) is 5.11 Å². The lowest BCUT2D eigenvalue weighted by molar-refractivity contribution is -0.207. The number of hydrogen-bond acceptors (Lipinski definition) is 3. The zero-order valence-electron chi connectivity index (χ0n) is 11.6. The fourth-order valence-corrected chi connectivity index (χ4v) is 2.13. The Morgan fingerprint density at radius 1 is 1.27 bits per heavy atom. The molecule has 0 bridgehead atoms. The molecule has 0 amide bonds. The minimum atomic E-state index is -4.75. The monoisotopic (exact) mass is 323 g/mol. The maximum atomic E-state index is 13.2. The van der Waals surface area contributed by atoms with Crippen LogP contribution in [0.15, 0.2) is 24.3 Å². The topological polar surface area (TPSA) is 41.3 Å². The van der Waals surface area contributed by atoms with Gasteiger partial charge in [-0.2, -0.15) is 22.0 Å². The van der Waals surface area contributed by atoms with Crippen molar-refractivity contribution in [2.24, 2.45) is 0 Å². The number of imidazole rings is 1. The van der Waals surface area contributed by atoms with Gasteiger partial charge in [-0.05, 0) is 19.2 Å². The van der Waals surface area contributed by atoms with Crippen molar-refractivity contribution in [3.63, 3.8) is 0 Å². The Balaban J connectivity index is 2.22. The fraction of sp³-hybridized carbons (Fsp3) is 0.462. The molecular weight excluding hydrogens is 309 g/mol. The molecule has 122 valence electrons. The minimum absolute atomic E-state index is 0.0620. The number of fused-ring (bicyclic) bond motifs is 1. The number of hydrogen-bond donors (Lipinski definition) is 1. The summed E-state index contributed by atoms with van der Waals surface area (Å²) in [5.74, 6) is -0.0620. The number of rotatable bonds is 5. The summed E-state index contributed by atoms with van der Waals surface area (Å²) < 4.78 is 63.9. The quantitative estimate of drug-likeness (QED) is 0.860. The molecule has 2 aromatic rings. The molecule has 22 heavy (non-hydrogen) atoms. The van der Waals surface area contributed by atoms with Gasteiger partial charge in [-0.25, -0.2) is 4.98 Å². The van der Waals surface area contributed by atoms with E-state index < -0.39 is 25.4 Å². The van der Waals surface area contributed by atoms with Crippen molar-refractivity contribution < 1.29 is 27.1 Å². The second-order valence-corrected chi connectivity index (χ2v) is 4.92. The largest absolute Gasteiger partial charge is 0.415 e. The first kappa shape index (κ1) is 16.6. The van der Waals surface area contributed by atoms with Crippen molar-refractivity contribution in [1.82, 2.24) is 14.5 Å². The number of halogens is 5. The van der Waals surface area contributed by atoms with Crippen LogP contribution in [0.1, 0.15) is 12.4 Å². The number of alkyl halides is 5. The Hall–Kier alpha value is -1.74. The third-order valence-electron chi connectivity index (χ3n) is 3.14. The van der Waals surface area contributed by atoms with E-state index >= 15 is 0 Å². The van der Waals surface area contributed by atoms with E-state index in [0.717, 1.165) is 4.90 Å². The summed E-state index contributed by atoms with van der Waals surface area (Å²) >= 11 is 0. The highest BCUT2D eigenvalue weighted by atomic mass is 19.4. The molecule has 1 heterocycles. The average Bonchev–Trinajstić information content (AvgIpc) is 2.74. The number of aromatic nitrogens is 2. The van der Waals surface area contributed by atoms with Crippen molar-refractivity contribution in [3.05, 3.63) is 30.1 Å². The molecular formula is C13H14F5N3O. The molecule has 0 aliphatic carbocycles. The first-order valence-electron chi connectivity index (χ1n) is 6.37. The van der Waals surface area contributed by atoms with Gasteiger partial charge in [0.2, 0.25) is 0 Å². The van der Waals surface area contributed by atoms with E-state index in [-0.39, 0.29) is 17.9 Å². The highest BCUT2D eigenvalue weighted by Crippen LogP contribution is 2.25. The smallest absolute Gasteiger partial charge is 0.382 e. The van der Waals surface area contributed by atoms with Crippen molar-refractivity contribution in [3.8, 4) is 0 Å². The Morgan fingerprint density at radius 3 is 2.50 bits per heavy atom. The van der Waals surface area contributed by atoms with Crippen LogP contribution in [0.2, 0.25) is 0 Å². The predicted molar refractivity (Wildman–Crippen MR) is 69.4 cm³/mol. The first-order chi connectivity index (χ1) is 10.2. The van der Waals surface area contributed by atoms with Crippen LogP contribution in [0.4, 0.5) is 22.0 Å². The van der Waals surface area contributed by atoms with Crippen LogP contribution in [0, 0.1) is 0 Å². The zero-order chi connectivity index (χ0) is 16.5. The second-order valence-electron chi connectivity index (χ2n) is 4.92. The van der Waals surface area contributed by atoms with Crippen molar-refractivity contribution in [1.29, 1.82) is 0 Å². The lowest BCUT2D eigenvalue weighted by atomic mass is 10.3. The summed E-state index contributed by atoms with van der Waals surface area (Å²) in [7, 11) is 1.30. The second kappa shape index (κ2) is 6.17. The molecule has 1 unspecified atom stereocenters. The van der Waals surface area contributed by atoms with Gasteiger partial charge in [0.15, 0.2) is 6.10 Å². The van der Waals surface area contributed by atoms with E-state index in [1.54, 1.807) is 18.2 Å².